The highest BCUT2D eigenvalue weighted by Crippen LogP contribution is 2.23. The van der Waals surface area contributed by atoms with Crippen molar-refractivity contribution >= 4 is 0 Å². The van der Waals surface area contributed by atoms with E-state index in [4.69, 9.17) is 0 Å². The molecule has 116 valence electrons. The van der Waals surface area contributed by atoms with Crippen molar-refractivity contribution in [3.63, 3.8) is 0 Å². The van der Waals surface area contributed by atoms with Crippen LogP contribution in [0.2, 0.25) is 0 Å². The number of nitrogens with one attached hydrogen (secondary N) is 1. The molecule has 20 heavy (non-hydrogen) atoms. The van der Waals surface area contributed by atoms with E-state index in [9.17, 15) is 0 Å². The molecule has 3 fully saturated rings. The number of hydrogen-bond acceptors (Lipinski definition) is 3. The summed E-state index contributed by atoms with van der Waals surface area (Å²) < 4.78 is 0. The van der Waals surface area contributed by atoms with Crippen molar-refractivity contribution in [2.24, 2.45) is 5.92 Å². The van der Waals surface area contributed by atoms with E-state index in [1.165, 1.54) is 84.2 Å². The minimum Gasteiger partial charge on any atom is -0.313 e. The Morgan fingerprint density at radius 3 is 2.45 bits per heavy atom. The van der Waals surface area contributed by atoms with Crippen LogP contribution in [-0.4, -0.2) is 61.2 Å². The van der Waals surface area contributed by atoms with Crippen LogP contribution in [-0.2, 0) is 0 Å². The molecule has 0 bridgehead atoms. The van der Waals surface area contributed by atoms with Gasteiger partial charge in [0.1, 0.15) is 0 Å². The second-order valence-corrected chi connectivity index (χ2v) is 7.40. The van der Waals surface area contributed by atoms with Gasteiger partial charge in [-0.2, -0.15) is 0 Å². The monoisotopic (exact) mass is 279 g/mol. The lowest BCUT2D eigenvalue weighted by atomic mass is 9.87. The molecule has 1 saturated carbocycles. The molecule has 1 atom stereocenters. The largest absolute Gasteiger partial charge is 0.313 e. The van der Waals surface area contributed by atoms with Gasteiger partial charge in [0.15, 0.2) is 0 Å². The lowest BCUT2D eigenvalue weighted by Crippen LogP contribution is -2.40. The van der Waals surface area contributed by atoms with Gasteiger partial charge in [0.05, 0.1) is 0 Å². The molecular formula is C17H33N3. The van der Waals surface area contributed by atoms with Crippen molar-refractivity contribution in [1.29, 1.82) is 0 Å². The van der Waals surface area contributed by atoms with Gasteiger partial charge >= 0.3 is 0 Å². The van der Waals surface area contributed by atoms with Gasteiger partial charge in [-0.25, -0.2) is 0 Å². The molecule has 1 unspecified atom stereocenters. The predicted molar refractivity (Wildman–Crippen MR) is 85.1 cm³/mol. The van der Waals surface area contributed by atoms with Crippen LogP contribution in [0.3, 0.4) is 0 Å². The molecular weight excluding hydrogens is 246 g/mol. The zero-order valence-electron chi connectivity index (χ0n) is 13.3. The molecule has 3 aliphatic rings. The third-order valence-electron chi connectivity index (χ3n) is 5.78. The molecule has 3 nitrogen and oxygen atoms in total. The van der Waals surface area contributed by atoms with Gasteiger partial charge < -0.3 is 10.2 Å². The van der Waals surface area contributed by atoms with Crippen LogP contribution in [0.5, 0.6) is 0 Å². The standard InChI is InChI=1S/C17H33N3/c1-15-4-6-16(7-5-15)18-9-13-19-12-8-17(14-19)20-10-2-3-11-20/h15-18H,2-14H2,1H3. The molecule has 0 spiro atoms. The highest BCUT2D eigenvalue weighted by atomic mass is 15.3. The van der Waals surface area contributed by atoms with Crippen molar-refractivity contribution in [2.45, 2.75) is 64.0 Å². The first-order chi connectivity index (χ1) is 9.81. The SMILES string of the molecule is CC1CCC(NCCN2CCC(N3CCCC3)C2)CC1. The first-order valence-corrected chi connectivity index (χ1v) is 9.01. The van der Waals surface area contributed by atoms with Crippen LogP contribution >= 0.6 is 0 Å². The zero-order chi connectivity index (χ0) is 13.8. The van der Waals surface area contributed by atoms with E-state index in [2.05, 4.69) is 22.0 Å². The molecule has 3 heteroatoms. The van der Waals surface area contributed by atoms with Gasteiger partial charge in [-0.15, -0.1) is 0 Å². The smallest absolute Gasteiger partial charge is 0.0235 e. The van der Waals surface area contributed by atoms with Crippen molar-refractivity contribution in [1.82, 2.24) is 15.1 Å². The summed E-state index contributed by atoms with van der Waals surface area (Å²) in [5.74, 6) is 0.966. The van der Waals surface area contributed by atoms with Crippen LogP contribution in [0.15, 0.2) is 0 Å². The summed E-state index contributed by atoms with van der Waals surface area (Å²) in [6.07, 6.45) is 9.92. The van der Waals surface area contributed by atoms with Gasteiger partial charge in [-0.1, -0.05) is 6.92 Å². The fourth-order valence-corrected chi connectivity index (χ4v) is 4.31. The highest BCUT2D eigenvalue weighted by molar-refractivity contribution is 4.86. The Bertz CT molecular complexity index is 280. The fraction of sp³-hybridized carbons (Fsp3) is 1.00. The van der Waals surface area contributed by atoms with Crippen LogP contribution in [0.25, 0.3) is 0 Å². The molecule has 0 radical (unpaired) electrons. The number of rotatable bonds is 5. The summed E-state index contributed by atoms with van der Waals surface area (Å²) in [5.41, 5.74) is 0. The van der Waals surface area contributed by atoms with Crippen molar-refractivity contribution in [3.05, 3.63) is 0 Å². The quantitative estimate of drug-likeness (QED) is 0.833. The fourth-order valence-electron chi connectivity index (χ4n) is 4.31. The van der Waals surface area contributed by atoms with E-state index in [0.29, 0.717) is 0 Å². The normalized spacial score (nSPS) is 36.8. The van der Waals surface area contributed by atoms with E-state index in [1.807, 2.05) is 0 Å². The van der Waals surface area contributed by atoms with Gasteiger partial charge in [0, 0.05) is 31.7 Å². The summed E-state index contributed by atoms with van der Waals surface area (Å²) in [6.45, 7) is 10.2. The molecule has 2 heterocycles. The van der Waals surface area contributed by atoms with Crippen LogP contribution in [0, 0.1) is 5.92 Å². The van der Waals surface area contributed by atoms with E-state index in [-0.39, 0.29) is 0 Å². The third-order valence-corrected chi connectivity index (χ3v) is 5.78. The van der Waals surface area contributed by atoms with Gasteiger partial charge in [0.2, 0.25) is 0 Å². The lowest BCUT2D eigenvalue weighted by molar-refractivity contribution is 0.229. The van der Waals surface area contributed by atoms with Crippen LogP contribution in [0.4, 0.5) is 0 Å². The minimum atomic E-state index is 0.809. The highest BCUT2D eigenvalue weighted by Gasteiger charge is 2.28. The summed E-state index contributed by atoms with van der Waals surface area (Å²) in [7, 11) is 0. The third kappa shape index (κ3) is 3.96. The molecule has 1 aliphatic carbocycles. The average Bonchev–Trinajstić information content (AvgIpc) is 3.11. The first kappa shape index (κ1) is 14.8. The predicted octanol–water partition coefficient (Wildman–Crippen LogP) is 2.32. The summed E-state index contributed by atoms with van der Waals surface area (Å²) >= 11 is 0. The van der Waals surface area contributed by atoms with E-state index in [0.717, 1.165) is 18.0 Å². The molecule has 0 aromatic rings. The maximum Gasteiger partial charge on any atom is 0.0235 e. The van der Waals surface area contributed by atoms with E-state index >= 15 is 0 Å². The van der Waals surface area contributed by atoms with E-state index in [1.54, 1.807) is 0 Å². The Kier molecular flexibility index (Phi) is 5.36. The van der Waals surface area contributed by atoms with Gasteiger partial charge in [-0.05, 0) is 70.5 Å². The van der Waals surface area contributed by atoms with Gasteiger partial charge in [0.25, 0.3) is 0 Å². The molecule has 0 aromatic heterocycles. The zero-order valence-corrected chi connectivity index (χ0v) is 13.3. The molecule has 0 amide bonds. The van der Waals surface area contributed by atoms with E-state index < -0.39 is 0 Å². The Balaban J connectivity index is 1.29. The molecule has 1 N–H and O–H groups in total. The van der Waals surface area contributed by atoms with Crippen molar-refractivity contribution < 1.29 is 0 Å². The van der Waals surface area contributed by atoms with Gasteiger partial charge in [-0.3, -0.25) is 4.90 Å². The Hall–Kier alpha value is -0.120. The summed E-state index contributed by atoms with van der Waals surface area (Å²) in [4.78, 5) is 5.41. The second-order valence-electron chi connectivity index (χ2n) is 7.40. The maximum atomic E-state index is 3.80. The molecule has 3 rings (SSSR count). The Labute approximate surface area is 125 Å². The lowest BCUT2D eigenvalue weighted by Gasteiger charge is -2.28. The van der Waals surface area contributed by atoms with Crippen LogP contribution < -0.4 is 5.32 Å². The molecule has 2 aliphatic heterocycles. The van der Waals surface area contributed by atoms with Crippen molar-refractivity contribution in [2.75, 3.05) is 39.3 Å². The van der Waals surface area contributed by atoms with Crippen LogP contribution in [0.1, 0.15) is 51.9 Å². The topological polar surface area (TPSA) is 18.5 Å². The number of likely N-dealkylation sites (tertiary alicyclic amines) is 2. The first-order valence-electron chi connectivity index (χ1n) is 9.01. The minimum absolute atomic E-state index is 0.809. The number of nitrogens with zero attached hydrogens (tertiary/aromatic N) is 2. The molecule has 0 aromatic carbocycles. The average molecular weight is 279 g/mol. The summed E-state index contributed by atoms with van der Waals surface area (Å²) in [5, 5.41) is 3.80. The maximum absolute atomic E-state index is 3.80. The van der Waals surface area contributed by atoms with Crippen molar-refractivity contribution in [3.8, 4) is 0 Å². The second kappa shape index (κ2) is 7.24. The molecule has 2 saturated heterocycles. The Morgan fingerprint density at radius 2 is 1.70 bits per heavy atom. The Morgan fingerprint density at radius 1 is 0.950 bits per heavy atom. The number of hydrogen-bond donors (Lipinski definition) is 1. The summed E-state index contributed by atoms with van der Waals surface area (Å²) in [6, 6.07) is 1.68.